The first-order valence-corrected chi connectivity index (χ1v) is 8.39. The zero-order valence-electron chi connectivity index (χ0n) is 13.0. The van der Waals surface area contributed by atoms with E-state index in [9.17, 15) is 14.7 Å². The minimum absolute atomic E-state index is 0.147. The maximum Gasteiger partial charge on any atom is 0.311 e. The predicted octanol–water partition coefficient (Wildman–Crippen LogP) is 1.78. The summed E-state index contributed by atoms with van der Waals surface area (Å²) < 4.78 is 10.3. The summed E-state index contributed by atoms with van der Waals surface area (Å²) in [6.07, 6.45) is 0.850. The zero-order chi connectivity index (χ0) is 16.7. The molecule has 0 atom stereocenters. The number of rotatable bonds is 7. The smallest absolute Gasteiger partial charge is 0.311 e. The first kappa shape index (κ1) is 17.6. The number of carbonyl (C=O) groups excluding carboxylic acids is 1. The third-order valence-corrected chi connectivity index (χ3v) is 4.97. The Morgan fingerprint density at radius 1 is 1.30 bits per heavy atom. The normalized spacial score (nSPS) is 16.6. The van der Waals surface area contributed by atoms with E-state index < -0.39 is 11.4 Å². The van der Waals surface area contributed by atoms with Gasteiger partial charge in [0.15, 0.2) is 0 Å². The summed E-state index contributed by atoms with van der Waals surface area (Å²) in [4.78, 5) is 24.4. The molecule has 2 rings (SSSR count). The first-order chi connectivity index (χ1) is 11.1. The SMILES string of the molecule is COc1ccc(SCC(=O)NCC2(C(=O)O)CCOCC2)cc1. The number of hydrogen-bond donors (Lipinski definition) is 2. The maximum absolute atomic E-state index is 12.0. The number of ether oxygens (including phenoxy) is 2. The molecular weight excluding hydrogens is 318 g/mol. The van der Waals surface area contributed by atoms with E-state index in [-0.39, 0.29) is 18.2 Å². The van der Waals surface area contributed by atoms with E-state index in [1.807, 2.05) is 24.3 Å². The lowest BCUT2D eigenvalue weighted by Gasteiger charge is -2.33. The van der Waals surface area contributed by atoms with Crippen molar-refractivity contribution in [3.05, 3.63) is 24.3 Å². The van der Waals surface area contributed by atoms with Crippen molar-refractivity contribution in [2.75, 3.05) is 32.6 Å². The van der Waals surface area contributed by atoms with Crippen molar-refractivity contribution in [3.63, 3.8) is 0 Å². The van der Waals surface area contributed by atoms with Gasteiger partial charge in [0.05, 0.1) is 18.3 Å². The minimum Gasteiger partial charge on any atom is -0.497 e. The Kier molecular flexibility index (Phi) is 6.29. The fraction of sp³-hybridized carbons (Fsp3) is 0.500. The van der Waals surface area contributed by atoms with Crippen LogP contribution in [0.1, 0.15) is 12.8 Å². The molecule has 0 spiro atoms. The standard InChI is InChI=1S/C16H21NO5S/c1-21-12-2-4-13(5-3-12)23-10-14(18)17-11-16(15(19)20)6-8-22-9-7-16/h2-5H,6-11H2,1H3,(H,17,18)(H,19,20). The highest BCUT2D eigenvalue weighted by atomic mass is 32.2. The summed E-state index contributed by atoms with van der Waals surface area (Å²) >= 11 is 1.40. The Bertz CT molecular complexity index is 540. The Labute approximate surface area is 139 Å². The van der Waals surface area contributed by atoms with Gasteiger partial charge in [-0.3, -0.25) is 9.59 Å². The van der Waals surface area contributed by atoms with Gasteiger partial charge in [0.2, 0.25) is 5.91 Å². The molecule has 0 radical (unpaired) electrons. The fourth-order valence-corrected chi connectivity index (χ4v) is 3.10. The number of aliphatic carboxylic acids is 1. The molecule has 7 heteroatoms. The second-order valence-corrected chi connectivity index (χ2v) is 6.49. The number of nitrogens with one attached hydrogen (secondary N) is 1. The average molecular weight is 339 g/mol. The van der Waals surface area contributed by atoms with Crippen LogP contribution in [0, 0.1) is 5.41 Å². The van der Waals surface area contributed by atoms with E-state index in [2.05, 4.69) is 5.32 Å². The topological polar surface area (TPSA) is 84.9 Å². The Balaban J connectivity index is 1.80. The zero-order valence-corrected chi connectivity index (χ0v) is 13.9. The van der Waals surface area contributed by atoms with E-state index in [1.165, 1.54) is 11.8 Å². The maximum atomic E-state index is 12.0. The number of methoxy groups -OCH3 is 1. The molecule has 1 aromatic carbocycles. The lowest BCUT2D eigenvalue weighted by Crippen LogP contribution is -2.46. The molecule has 2 N–H and O–H groups in total. The number of thioether (sulfide) groups is 1. The quantitative estimate of drug-likeness (QED) is 0.737. The lowest BCUT2D eigenvalue weighted by atomic mass is 9.80. The van der Waals surface area contributed by atoms with Gasteiger partial charge in [0.25, 0.3) is 0 Å². The van der Waals surface area contributed by atoms with Crippen molar-refractivity contribution in [1.82, 2.24) is 5.32 Å². The molecule has 0 aromatic heterocycles. The first-order valence-electron chi connectivity index (χ1n) is 7.40. The van der Waals surface area contributed by atoms with Crippen LogP contribution in [-0.4, -0.2) is 49.6 Å². The van der Waals surface area contributed by atoms with Crippen LogP contribution in [0.4, 0.5) is 0 Å². The second-order valence-electron chi connectivity index (χ2n) is 5.44. The third kappa shape index (κ3) is 4.87. The van der Waals surface area contributed by atoms with Gasteiger partial charge in [0, 0.05) is 24.7 Å². The van der Waals surface area contributed by atoms with Crippen molar-refractivity contribution in [2.45, 2.75) is 17.7 Å². The molecule has 23 heavy (non-hydrogen) atoms. The van der Waals surface area contributed by atoms with E-state index in [4.69, 9.17) is 9.47 Å². The van der Waals surface area contributed by atoms with Crippen molar-refractivity contribution in [1.29, 1.82) is 0 Å². The van der Waals surface area contributed by atoms with Crippen molar-refractivity contribution >= 4 is 23.6 Å². The number of carbonyl (C=O) groups is 2. The largest absolute Gasteiger partial charge is 0.497 e. The van der Waals surface area contributed by atoms with Crippen LogP contribution in [0.3, 0.4) is 0 Å². The number of hydrogen-bond acceptors (Lipinski definition) is 5. The Morgan fingerprint density at radius 2 is 1.96 bits per heavy atom. The third-order valence-electron chi connectivity index (χ3n) is 3.96. The van der Waals surface area contributed by atoms with Crippen LogP contribution < -0.4 is 10.1 Å². The van der Waals surface area contributed by atoms with Crippen LogP contribution in [0.15, 0.2) is 29.2 Å². The highest BCUT2D eigenvalue weighted by Gasteiger charge is 2.40. The number of benzene rings is 1. The van der Waals surface area contributed by atoms with Crippen LogP contribution in [0.5, 0.6) is 5.75 Å². The molecule has 1 amide bonds. The van der Waals surface area contributed by atoms with Crippen LogP contribution in [0.2, 0.25) is 0 Å². The Morgan fingerprint density at radius 3 is 2.52 bits per heavy atom. The van der Waals surface area contributed by atoms with Crippen LogP contribution >= 0.6 is 11.8 Å². The molecule has 1 saturated heterocycles. The number of amides is 1. The Hall–Kier alpha value is -1.73. The molecule has 1 heterocycles. The second kappa shape index (κ2) is 8.21. The monoisotopic (exact) mass is 339 g/mol. The fourth-order valence-electron chi connectivity index (χ4n) is 2.37. The lowest BCUT2D eigenvalue weighted by molar-refractivity contribution is -0.154. The molecular formula is C16H21NO5S. The van der Waals surface area contributed by atoms with Gasteiger partial charge < -0.3 is 19.9 Å². The highest BCUT2D eigenvalue weighted by Crippen LogP contribution is 2.30. The highest BCUT2D eigenvalue weighted by molar-refractivity contribution is 8.00. The molecule has 1 aliphatic rings. The van der Waals surface area contributed by atoms with Crippen molar-refractivity contribution in [2.24, 2.45) is 5.41 Å². The predicted molar refractivity (Wildman–Crippen MR) is 86.8 cm³/mol. The molecule has 0 bridgehead atoms. The van der Waals surface area contributed by atoms with Gasteiger partial charge in [0.1, 0.15) is 5.75 Å². The van der Waals surface area contributed by atoms with Gasteiger partial charge in [-0.1, -0.05) is 0 Å². The average Bonchev–Trinajstić information content (AvgIpc) is 2.59. The molecule has 1 aromatic rings. The number of carboxylic acids is 1. The minimum atomic E-state index is -0.904. The van der Waals surface area contributed by atoms with Crippen LogP contribution in [-0.2, 0) is 14.3 Å². The summed E-state index contributed by atoms with van der Waals surface area (Å²) in [6.45, 7) is 0.985. The molecule has 126 valence electrons. The summed E-state index contributed by atoms with van der Waals surface area (Å²) in [5.41, 5.74) is -0.904. The van der Waals surface area contributed by atoms with Crippen LogP contribution in [0.25, 0.3) is 0 Å². The summed E-state index contributed by atoms with van der Waals surface area (Å²) in [7, 11) is 1.60. The van der Waals surface area contributed by atoms with E-state index in [0.717, 1.165) is 10.6 Å². The van der Waals surface area contributed by atoms with Gasteiger partial charge in [-0.25, -0.2) is 0 Å². The van der Waals surface area contributed by atoms with Crippen molar-refractivity contribution < 1.29 is 24.2 Å². The molecule has 1 aliphatic heterocycles. The molecule has 0 unspecified atom stereocenters. The summed E-state index contributed by atoms with van der Waals surface area (Å²) in [6, 6.07) is 7.44. The van der Waals surface area contributed by atoms with E-state index in [1.54, 1.807) is 7.11 Å². The van der Waals surface area contributed by atoms with E-state index >= 15 is 0 Å². The van der Waals surface area contributed by atoms with Gasteiger partial charge in [-0.05, 0) is 37.1 Å². The molecule has 0 saturated carbocycles. The molecule has 6 nitrogen and oxygen atoms in total. The van der Waals surface area contributed by atoms with E-state index in [0.29, 0.717) is 26.1 Å². The molecule has 0 aliphatic carbocycles. The number of carboxylic acid groups (broad SMARTS) is 1. The molecule has 1 fully saturated rings. The van der Waals surface area contributed by atoms with Gasteiger partial charge in [-0.2, -0.15) is 0 Å². The summed E-state index contributed by atoms with van der Waals surface area (Å²) in [5.74, 6) is -0.0259. The van der Waals surface area contributed by atoms with Gasteiger partial charge in [-0.15, -0.1) is 11.8 Å². The van der Waals surface area contributed by atoms with Gasteiger partial charge >= 0.3 is 5.97 Å². The summed E-state index contributed by atoms with van der Waals surface area (Å²) in [5, 5.41) is 12.2. The van der Waals surface area contributed by atoms with Crippen molar-refractivity contribution in [3.8, 4) is 5.75 Å².